The lowest BCUT2D eigenvalue weighted by Gasteiger charge is -2.09. The standard InChI is InChI=1S/C22H18BrN3O4/c1-15-4-2-3-5-19(15)22(27)25-24-13-17-8-11-21(20(23)12-17)30-14-16-6-9-18(10-7-16)26(28)29/h2-13H,14H2,1H3,(H,25,27)/b24-13+. The molecule has 0 aliphatic carbocycles. The zero-order chi connectivity index (χ0) is 21.5. The summed E-state index contributed by atoms with van der Waals surface area (Å²) in [6, 6.07) is 18.9. The summed E-state index contributed by atoms with van der Waals surface area (Å²) in [5.41, 5.74) is 5.60. The fourth-order valence-electron chi connectivity index (χ4n) is 2.64. The number of ether oxygens (including phenoxy) is 1. The lowest BCUT2D eigenvalue weighted by molar-refractivity contribution is -0.384. The van der Waals surface area contributed by atoms with Crippen molar-refractivity contribution < 1.29 is 14.5 Å². The fourth-order valence-corrected chi connectivity index (χ4v) is 3.15. The number of halogens is 1. The fraction of sp³-hybridized carbons (Fsp3) is 0.0909. The first-order valence-corrected chi connectivity index (χ1v) is 9.78. The monoisotopic (exact) mass is 467 g/mol. The van der Waals surface area contributed by atoms with Crippen LogP contribution in [0.2, 0.25) is 0 Å². The molecule has 7 nitrogen and oxygen atoms in total. The first kappa shape index (κ1) is 21.2. The molecule has 0 saturated heterocycles. The predicted octanol–water partition coefficient (Wildman–Crippen LogP) is 5.01. The van der Waals surface area contributed by atoms with Crippen LogP contribution in [0.5, 0.6) is 5.75 Å². The second-order valence-electron chi connectivity index (χ2n) is 6.42. The number of amides is 1. The van der Waals surface area contributed by atoms with Crippen molar-refractivity contribution in [2.75, 3.05) is 0 Å². The van der Waals surface area contributed by atoms with Crippen molar-refractivity contribution in [1.82, 2.24) is 5.43 Å². The van der Waals surface area contributed by atoms with E-state index < -0.39 is 4.92 Å². The third-order valence-electron chi connectivity index (χ3n) is 4.27. The Balaban J connectivity index is 1.58. The Morgan fingerprint density at radius 1 is 1.17 bits per heavy atom. The molecular weight excluding hydrogens is 450 g/mol. The van der Waals surface area contributed by atoms with Gasteiger partial charge in [-0.15, -0.1) is 0 Å². The molecule has 3 rings (SSSR count). The number of rotatable bonds is 7. The van der Waals surface area contributed by atoms with Crippen LogP contribution in [-0.4, -0.2) is 17.0 Å². The number of nitrogens with one attached hydrogen (secondary N) is 1. The second-order valence-corrected chi connectivity index (χ2v) is 7.27. The number of non-ortho nitro benzene ring substituents is 1. The largest absolute Gasteiger partial charge is 0.488 e. The summed E-state index contributed by atoms with van der Waals surface area (Å²) in [6.07, 6.45) is 1.54. The average molecular weight is 468 g/mol. The third-order valence-corrected chi connectivity index (χ3v) is 4.89. The molecule has 0 unspecified atom stereocenters. The lowest BCUT2D eigenvalue weighted by Crippen LogP contribution is -2.18. The number of benzene rings is 3. The molecule has 0 aliphatic heterocycles. The number of nitro groups is 1. The Hall–Kier alpha value is -3.52. The van der Waals surface area contributed by atoms with Gasteiger partial charge in [-0.05, 0) is 75.9 Å². The van der Waals surface area contributed by atoms with Crippen LogP contribution < -0.4 is 10.2 Å². The highest BCUT2D eigenvalue weighted by molar-refractivity contribution is 9.10. The minimum absolute atomic E-state index is 0.0399. The van der Waals surface area contributed by atoms with E-state index >= 15 is 0 Å². The number of hydrogen-bond donors (Lipinski definition) is 1. The Morgan fingerprint density at radius 3 is 2.57 bits per heavy atom. The average Bonchev–Trinajstić information content (AvgIpc) is 2.73. The van der Waals surface area contributed by atoms with Crippen molar-refractivity contribution >= 4 is 33.7 Å². The second kappa shape index (κ2) is 9.80. The van der Waals surface area contributed by atoms with E-state index in [1.54, 1.807) is 42.6 Å². The van der Waals surface area contributed by atoms with Crippen LogP contribution in [0.3, 0.4) is 0 Å². The molecule has 30 heavy (non-hydrogen) atoms. The van der Waals surface area contributed by atoms with E-state index in [2.05, 4.69) is 26.5 Å². The Labute approximate surface area is 181 Å². The van der Waals surface area contributed by atoms with Gasteiger partial charge in [0, 0.05) is 17.7 Å². The van der Waals surface area contributed by atoms with Gasteiger partial charge in [-0.1, -0.05) is 18.2 Å². The highest BCUT2D eigenvalue weighted by Crippen LogP contribution is 2.26. The van der Waals surface area contributed by atoms with Crippen LogP contribution in [0.15, 0.2) is 76.3 Å². The number of carbonyl (C=O) groups excluding carboxylic acids is 1. The highest BCUT2D eigenvalue weighted by atomic mass is 79.9. The normalized spacial score (nSPS) is 10.7. The van der Waals surface area contributed by atoms with Crippen LogP contribution in [0.1, 0.15) is 27.0 Å². The lowest BCUT2D eigenvalue weighted by atomic mass is 10.1. The molecule has 0 bridgehead atoms. The zero-order valence-corrected chi connectivity index (χ0v) is 17.6. The van der Waals surface area contributed by atoms with E-state index in [1.165, 1.54) is 12.1 Å². The molecule has 3 aromatic rings. The molecule has 0 radical (unpaired) electrons. The van der Waals surface area contributed by atoms with E-state index in [4.69, 9.17) is 4.74 Å². The van der Waals surface area contributed by atoms with Crippen LogP contribution in [0.25, 0.3) is 0 Å². The number of hydrogen-bond acceptors (Lipinski definition) is 5. The van der Waals surface area contributed by atoms with Crippen molar-refractivity contribution in [3.8, 4) is 5.75 Å². The summed E-state index contributed by atoms with van der Waals surface area (Å²) in [7, 11) is 0. The van der Waals surface area contributed by atoms with Gasteiger partial charge in [0.1, 0.15) is 12.4 Å². The molecule has 1 amide bonds. The maximum atomic E-state index is 12.2. The van der Waals surface area contributed by atoms with Crippen LogP contribution in [0, 0.1) is 17.0 Å². The summed E-state index contributed by atoms with van der Waals surface area (Å²) >= 11 is 3.46. The van der Waals surface area contributed by atoms with Gasteiger partial charge in [0.05, 0.1) is 15.6 Å². The number of nitro benzene ring substituents is 1. The van der Waals surface area contributed by atoms with Gasteiger partial charge in [-0.2, -0.15) is 5.10 Å². The van der Waals surface area contributed by atoms with Crippen molar-refractivity contribution in [2.45, 2.75) is 13.5 Å². The van der Waals surface area contributed by atoms with Gasteiger partial charge in [0.25, 0.3) is 11.6 Å². The van der Waals surface area contributed by atoms with Crippen LogP contribution in [-0.2, 0) is 6.61 Å². The van der Waals surface area contributed by atoms with Gasteiger partial charge in [-0.3, -0.25) is 14.9 Å². The number of nitrogens with zero attached hydrogens (tertiary/aromatic N) is 2. The Kier molecular flexibility index (Phi) is 6.92. The third kappa shape index (κ3) is 5.51. The van der Waals surface area contributed by atoms with Gasteiger partial charge in [0.15, 0.2) is 0 Å². The van der Waals surface area contributed by atoms with E-state index in [-0.39, 0.29) is 18.2 Å². The Bertz CT molecular complexity index is 1100. The molecule has 0 fully saturated rings. The Morgan fingerprint density at radius 2 is 1.90 bits per heavy atom. The van der Waals surface area contributed by atoms with Gasteiger partial charge >= 0.3 is 0 Å². The van der Waals surface area contributed by atoms with Crippen molar-refractivity contribution in [2.24, 2.45) is 5.10 Å². The van der Waals surface area contributed by atoms with Crippen molar-refractivity contribution in [3.63, 3.8) is 0 Å². The van der Waals surface area contributed by atoms with Crippen molar-refractivity contribution in [1.29, 1.82) is 0 Å². The summed E-state index contributed by atoms with van der Waals surface area (Å²) in [6.45, 7) is 2.14. The van der Waals surface area contributed by atoms with Crippen molar-refractivity contribution in [3.05, 3.63) is 104 Å². The summed E-state index contributed by atoms with van der Waals surface area (Å²) in [4.78, 5) is 22.4. The molecule has 0 aromatic heterocycles. The van der Waals surface area contributed by atoms with Gasteiger partial charge < -0.3 is 4.74 Å². The zero-order valence-electron chi connectivity index (χ0n) is 16.0. The van der Waals surface area contributed by atoms with E-state index in [0.29, 0.717) is 11.3 Å². The number of carbonyl (C=O) groups is 1. The maximum Gasteiger partial charge on any atom is 0.271 e. The molecule has 3 aromatic carbocycles. The molecule has 152 valence electrons. The minimum atomic E-state index is -0.440. The molecule has 1 N–H and O–H groups in total. The highest BCUT2D eigenvalue weighted by Gasteiger charge is 2.08. The first-order valence-electron chi connectivity index (χ1n) is 8.99. The van der Waals surface area contributed by atoms with E-state index in [9.17, 15) is 14.9 Å². The minimum Gasteiger partial charge on any atom is -0.488 e. The molecule has 8 heteroatoms. The summed E-state index contributed by atoms with van der Waals surface area (Å²) in [5.74, 6) is 0.348. The summed E-state index contributed by atoms with van der Waals surface area (Å²) < 4.78 is 6.48. The summed E-state index contributed by atoms with van der Waals surface area (Å²) in [5, 5.41) is 14.7. The van der Waals surface area contributed by atoms with Gasteiger partial charge in [0.2, 0.25) is 0 Å². The smallest absolute Gasteiger partial charge is 0.271 e. The molecule has 0 heterocycles. The van der Waals surface area contributed by atoms with Crippen LogP contribution >= 0.6 is 15.9 Å². The van der Waals surface area contributed by atoms with Gasteiger partial charge in [-0.25, -0.2) is 5.43 Å². The first-order chi connectivity index (χ1) is 14.4. The predicted molar refractivity (Wildman–Crippen MR) is 118 cm³/mol. The molecule has 0 spiro atoms. The number of hydrazone groups is 1. The van der Waals surface area contributed by atoms with Crippen LogP contribution in [0.4, 0.5) is 5.69 Å². The SMILES string of the molecule is Cc1ccccc1C(=O)N/N=C/c1ccc(OCc2ccc([N+](=O)[O-])cc2)c(Br)c1. The topological polar surface area (TPSA) is 93.8 Å². The molecule has 0 atom stereocenters. The quantitative estimate of drug-likeness (QED) is 0.300. The maximum absolute atomic E-state index is 12.2. The molecule has 0 aliphatic rings. The molecular formula is C22H18BrN3O4. The molecule has 0 saturated carbocycles. The number of aryl methyl sites for hydroxylation is 1. The van der Waals surface area contributed by atoms with E-state index in [1.807, 2.05) is 25.1 Å². The van der Waals surface area contributed by atoms with E-state index in [0.717, 1.165) is 21.2 Å².